The lowest BCUT2D eigenvalue weighted by Gasteiger charge is -2.40. The first-order chi connectivity index (χ1) is 15.6. The Morgan fingerprint density at radius 3 is 2.42 bits per heavy atom. The molecule has 0 bridgehead atoms. The van der Waals surface area contributed by atoms with Crippen LogP contribution in [0.3, 0.4) is 0 Å². The van der Waals surface area contributed by atoms with E-state index in [-0.39, 0.29) is 22.4 Å². The van der Waals surface area contributed by atoms with E-state index in [1.807, 2.05) is 24.9 Å². The second-order valence-electron chi connectivity index (χ2n) is 10.1. The van der Waals surface area contributed by atoms with Gasteiger partial charge in [-0.3, -0.25) is 9.59 Å². The number of carbonyl (C=O) groups excluding carboxylic acids is 2. The van der Waals surface area contributed by atoms with Gasteiger partial charge in [-0.2, -0.15) is 0 Å². The maximum atomic E-state index is 12.9. The number of anilines is 1. The summed E-state index contributed by atoms with van der Waals surface area (Å²) in [6.07, 6.45) is 6.74. The number of nitrogens with zero attached hydrogens (tertiary/aromatic N) is 4. The number of piperidine rings is 1. The van der Waals surface area contributed by atoms with E-state index in [4.69, 9.17) is 16.3 Å². The van der Waals surface area contributed by atoms with E-state index in [1.165, 1.54) is 4.90 Å². The van der Waals surface area contributed by atoms with Crippen molar-refractivity contribution < 1.29 is 14.3 Å². The highest BCUT2D eigenvalue weighted by molar-refractivity contribution is 6.32. The molecule has 3 heterocycles. The molecule has 184 valence electrons. The van der Waals surface area contributed by atoms with Crippen molar-refractivity contribution in [1.82, 2.24) is 14.8 Å². The third kappa shape index (κ3) is 5.80. The molecule has 2 fully saturated rings. The predicted molar refractivity (Wildman–Crippen MR) is 132 cm³/mol. The van der Waals surface area contributed by atoms with E-state index in [0.717, 1.165) is 70.4 Å². The Morgan fingerprint density at radius 1 is 1.18 bits per heavy atom. The molecule has 0 aromatic carbocycles. The molecule has 2 amide bonds. The van der Waals surface area contributed by atoms with Crippen LogP contribution in [0.2, 0.25) is 5.15 Å². The van der Waals surface area contributed by atoms with Crippen molar-refractivity contribution in [3.05, 3.63) is 22.8 Å². The van der Waals surface area contributed by atoms with Gasteiger partial charge in [-0.1, -0.05) is 25.4 Å². The highest BCUT2D eigenvalue weighted by Gasteiger charge is 2.42. The van der Waals surface area contributed by atoms with Gasteiger partial charge < -0.3 is 19.4 Å². The molecule has 33 heavy (non-hydrogen) atoms. The fourth-order valence-electron chi connectivity index (χ4n) is 5.02. The molecule has 0 aliphatic carbocycles. The zero-order chi connectivity index (χ0) is 24.2. The lowest BCUT2D eigenvalue weighted by molar-refractivity contribution is -0.152. The molecule has 2 aliphatic heterocycles. The lowest BCUT2D eigenvalue weighted by atomic mass is 9.76. The number of ether oxygens (including phenoxy) is 1. The summed E-state index contributed by atoms with van der Waals surface area (Å²) in [6, 6.07) is 3.66. The van der Waals surface area contributed by atoms with Gasteiger partial charge in [0.15, 0.2) is 0 Å². The molecule has 0 saturated carbocycles. The maximum Gasteiger partial charge on any atom is 0.256 e. The number of halogens is 1. The predicted octanol–water partition coefficient (Wildman–Crippen LogP) is 4.24. The molecule has 1 aromatic rings. The molecule has 2 aliphatic rings. The first-order valence-electron chi connectivity index (χ1n) is 12.1. The third-order valence-corrected chi connectivity index (χ3v) is 7.74. The minimum atomic E-state index is -0.592. The fourth-order valence-corrected chi connectivity index (χ4v) is 5.25. The number of hydrogen-bond donors (Lipinski definition) is 0. The normalized spacial score (nSPS) is 22.3. The van der Waals surface area contributed by atoms with Crippen LogP contribution in [0.25, 0.3) is 0 Å². The van der Waals surface area contributed by atoms with Crippen LogP contribution in [0.15, 0.2) is 12.1 Å². The molecule has 0 N–H and O–H groups in total. The SMILES string of the molecule is CC[C@@]1(C(=O)N(C)CCCC2(C)CCN(c3ccc(C(=O)N(C)C)c(Cl)n3)CC2)CCCO1. The summed E-state index contributed by atoms with van der Waals surface area (Å²) in [5, 5.41) is 0.253. The van der Waals surface area contributed by atoms with Crippen molar-refractivity contribution in [2.75, 3.05) is 52.3 Å². The van der Waals surface area contributed by atoms with E-state index >= 15 is 0 Å². The lowest BCUT2D eigenvalue weighted by Crippen LogP contribution is -2.47. The maximum absolute atomic E-state index is 12.9. The average molecular weight is 479 g/mol. The number of rotatable bonds is 8. The van der Waals surface area contributed by atoms with Gasteiger partial charge in [0.25, 0.3) is 11.8 Å². The Kier molecular flexibility index (Phi) is 8.27. The molecule has 7 nitrogen and oxygen atoms in total. The Morgan fingerprint density at radius 2 is 1.88 bits per heavy atom. The summed E-state index contributed by atoms with van der Waals surface area (Å²) >= 11 is 6.31. The van der Waals surface area contributed by atoms with Gasteiger partial charge in [0.2, 0.25) is 0 Å². The second kappa shape index (κ2) is 10.6. The summed E-state index contributed by atoms with van der Waals surface area (Å²) in [7, 11) is 5.32. The van der Waals surface area contributed by atoms with Crippen LogP contribution in [0.4, 0.5) is 5.82 Å². The molecule has 2 saturated heterocycles. The van der Waals surface area contributed by atoms with Crippen molar-refractivity contribution in [3.8, 4) is 0 Å². The summed E-state index contributed by atoms with van der Waals surface area (Å²) in [5.74, 6) is 0.823. The zero-order valence-corrected chi connectivity index (χ0v) is 21.6. The van der Waals surface area contributed by atoms with Crippen LogP contribution < -0.4 is 4.90 Å². The molecule has 0 radical (unpaired) electrons. The third-order valence-electron chi connectivity index (χ3n) is 7.45. The minimum absolute atomic E-state index is 0.140. The molecule has 8 heteroatoms. The van der Waals surface area contributed by atoms with E-state index < -0.39 is 5.60 Å². The largest absolute Gasteiger partial charge is 0.365 e. The van der Waals surface area contributed by atoms with Gasteiger partial charge in [-0.25, -0.2) is 4.98 Å². The minimum Gasteiger partial charge on any atom is -0.365 e. The number of pyridine rings is 1. The molecule has 1 atom stereocenters. The summed E-state index contributed by atoms with van der Waals surface area (Å²) in [6.45, 7) is 7.66. The molecule has 0 spiro atoms. The van der Waals surface area contributed by atoms with Crippen molar-refractivity contribution in [2.24, 2.45) is 5.41 Å². The standard InChI is InChI=1S/C25H39ClN4O3/c1-6-25(12-8-18-33-25)23(32)29(5)15-7-11-24(2)13-16-30(17-14-24)20-10-9-19(21(26)27-20)22(31)28(3)4/h9-10H,6-8,11-18H2,1-5H3/t25-/m0/s1. The van der Waals surface area contributed by atoms with Crippen LogP contribution in [0, 0.1) is 5.41 Å². The van der Waals surface area contributed by atoms with Crippen LogP contribution in [0.1, 0.15) is 69.2 Å². The second-order valence-corrected chi connectivity index (χ2v) is 10.5. The highest BCUT2D eigenvalue weighted by Crippen LogP contribution is 2.37. The van der Waals surface area contributed by atoms with Crippen molar-refractivity contribution in [2.45, 2.75) is 64.4 Å². The highest BCUT2D eigenvalue weighted by atomic mass is 35.5. The number of carbonyl (C=O) groups is 2. The fraction of sp³-hybridized carbons (Fsp3) is 0.720. The van der Waals surface area contributed by atoms with Crippen LogP contribution in [-0.4, -0.2) is 79.6 Å². The van der Waals surface area contributed by atoms with E-state index in [0.29, 0.717) is 12.2 Å². The zero-order valence-electron chi connectivity index (χ0n) is 20.8. The van der Waals surface area contributed by atoms with E-state index in [1.54, 1.807) is 20.2 Å². The Labute approximate surface area is 203 Å². The van der Waals surface area contributed by atoms with Crippen molar-refractivity contribution in [1.29, 1.82) is 0 Å². The first kappa shape index (κ1) is 25.8. The van der Waals surface area contributed by atoms with Gasteiger partial charge >= 0.3 is 0 Å². The molecule has 3 rings (SSSR count). The van der Waals surface area contributed by atoms with Crippen LogP contribution >= 0.6 is 11.6 Å². The van der Waals surface area contributed by atoms with E-state index in [9.17, 15) is 9.59 Å². The van der Waals surface area contributed by atoms with Crippen LogP contribution in [-0.2, 0) is 9.53 Å². The van der Waals surface area contributed by atoms with Gasteiger partial charge in [0.1, 0.15) is 16.6 Å². The Balaban J connectivity index is 1.49. The summed E-state index contributed by atoms with van der Waals surface area (Å²) < 4.78 is 5.85. The number of hydrogen-bond acceptors (Lipinski definition) is 5. The Bertz CT molecular complexity index is 846. The molecular weight excluding hydrogens is 440 g/mol. The first-order valence-corrected chi connectivity index (χ1v) is 12.5. The Hall–Kier alpha value is -1.86. The van der Waals surface area contributed by atoms with Crippen molar-refractivity contribution >= 4 is 29.2 Å². The van der Waals surface area contributed by atoms with Gasteiger partial charge in [0, 0.05) is 47.4 Å². The summed E-state index contributed by atoms with van der Waals surface area (Å²) in [4.78, 5) is 35.3. The molecular formula is C25H39ClN4O3. The number of amides is 2. The number of likely N-dealkylation sites (N-methyl/N-ethyl adjacent to an activating group) is 1. The molecule has 1 aromatic heterocycles. The van der Waals surface area contributed by atoms with Gasteiger partial charge in [-0.05, 0) is 62.5 Å². The van der Waals surface area contributed by atoms with Gasteiger partial charge in [0.05, 0.1) is 5.56 Å². The smallest absolute Gasteiger partial charge is 0.256 e. The molecule has 0 unspecified atom stereocenters. The topological polar surface area (TPSA) is 66.0 Å². The number of aromatic nitrogens is 1. The monoisotopic (exact) mass is 478 g/mol. The van der Waals surface area contributed by atoms with Crippen LogP contribution in [0.5, 0.6) is 0 Å². The quantitative estimate of drug-likeness (QED) is 0.523. The van der Waals surface area contributed by atoms with E-state index in [2.05, 4.69) is 16.8 Å². The van der Waals surface area contributed by atoms with Crippen molar-refractivity contribution in [3.63, 3.8) is 0 Å². The average Bonchev–Trinajstić information content (AvgIpc) is 3.28. The summed E-state index contributed by atoms with van der Waals surface area (Å²) in [5.41, 5.74) is 0.0845. The van der Waals surface area contributed by atoms with Gasteiger partial charge in [-0.15, -0.1) is 0 Å².